The van der Waals surface area contributed by atoms with Gasteiger partial charge in [-0.25, -0.2) is 4.98 Å². The Bertz CT molecular complexity index is 2260. The van der Waals surface area contributed by atoms with Crippen molar-refractivity contribution in [3.8, 4) is 6.07 Å². The molecule has 3 aromatic rings. The second kappa shape index (κ2) is 17.4. The molecule has 0 radical (unpaired) electrons. The van der Waals surface area contributed by atoms with E-state index in [9.17, 15) is 32.3 Å². The molecule has 1 unspecified atom stereocenters. The van der Waals surface area contributed by atoms with Crippen molar-refractivity contribution >= 4 is 68.9 Å². The molecule has 3 aliphatic heterocycles. The Kier molecular flexibility index (Phi) is 12.6. The number of para-hydroxylation sites is 1. The summed E-state index contributed by atoms with van der Waals surface area (Å²) in [5.41, 5.74) is -1.96. The Morgan fingerprint density at radius 2 is 1.72 bits per heavy atom. The molecule has 4 fully saturated rings. The highest BCUT2D eigenvalue weighted by molar-refractivity contribution is 7.80. The summed E-state index contributed by atoms with van der Waals surface area (Å²) in [5.74, 6) is -0.522. The Hall–Kier alpha value is -5.03. The maximum atomic E-state index is 13.7. The van der Waals surface area contributed by atoms with Crippen molar-refractivity contribution in [1.29, 1.82) is 5.26 Å². The zero-order chi connectivity index (χ0) is 44.0. The normalized spacial score (nSPS) is 25.1. The molecule has 15 nitrogen and oxygen atoms in total. The molecule has 3 amide bonds. The Balaban J connectivity index is 0.861. The summed E-state index contributed by atoms with van der Waals surface area (Å²) in [7, 11) is 1.76. The van der Waals surface area contributed by atoms with Crippen LogP contribution >= 0.6 is 12.2 Å². The number of nitrogens with one attached hydrogen (secondary N) is 1. The summed E-state index contributed by atoms with van der Waals surface area (Å²) in [6.45, 7) is 8.86. The molecule has 1 N–H and O–H groups in total. The molecule has 4 aliphatic rings. The van der Waals surface area contributed by atoms with E-state index in [-0.39, 0.29) is 84.7 Å². The van der Waals surface area contributed by atoms with Gasteiger partial charge in [-0.15, -0.1) is 0 Å². The van der Waals surface area contributed by atoms with Gasteiger partial charge in [-0.2, -0.15) is 23.5 Å². The number of fused-ring (bicyclic) bond motifs is 1. The number of ether oxygens (including phenoxy) is 2. The quantitative estimate of drug-likeness (QED) is 0.147. The van der Waals surface area contributed by atoms with Crippen LogP contribution in [0.15, 0.2) is 30.5 Å². The molecule has 2 aromatic heterocycles. The highest BCUT2D eigenvalue weighted by Crippen LogP contribution is 2.40. The lowest BCUT2D eigenvalue weighted by molar-refractivity contribution is -0.138. The number of nitrogens with zero attached hydrogens (tertiary/aromatic N) is 8. The number of halogens is 3. The maximum Gasteiger partial charge on any atom is 0.419 e. The van der Waals surface area contributed by atoms with Crippen molar-refractivity contribution in [3.63, 3.8) is 0 Å². The van der Waals surface area contributed by atoms with Gasteiger partial charge in [0.25, 0.3) is 5.91 Å². The molecule has 61 heavy (non-hydrogen) atoms. The molecular weight excluding hydrogens is 816 g/mol. The molecule has 5 heterocycles. The van der Waals surface area contributed by atoms with Crippen molar-refractivity contribution in [2.24, 2.45) is 7.05 Å². The second-order valence-electron chi connectivity index (χ2n) is 16.9. The van der Waals surface area contributed by atoms with Crippen LogP contribution in [0.1, 0.15) is 90.3 Å². The van der Waals surface area contributed by atoms with Gasteiger partial charge in [0.05, 0.1) is 67.0 Å². The summed E-state index contributed by atoms with van der Waals surface area (Å²) in [5, 5.41) is 17.6. The fourth-order valence-corrected chi connectivity index (χ4v) is 9.92. The third-order valence-electron chi connectivity index (χ3n) is 12.4. The van der Waals surface area contributed by atoms with E-state index in [0.29, 0.717) is 55.9 Å². The van der Waals surface area contributed by atoms with Crippen LogP contribution in [0.5, 0.6) is 0 Å². The van der Waals surface area contributed by atoms with E-state index in [0.717, 1.165) is 35.4 Å². The minimum atomic E-state index is -4.83. The molecule has 3 saturated heterocycles. The van der Waals surface area contributed by atoms with Crippen molar-refractivity contribution in [2.45, 2.75) is 121 Å². The van der Waals surface area contributed by atoms with Crippen LogP contribution in [0.25, 0.3) is 10.9 Å². The number of pyridine rings is 1. The van der Waals surface area contributed by atoms with Gasteiger partial charge in [-0.05, 0) is 96.6 Å². The number of Topliss-reactive ketones (excluding diaryl/α,β-unsaturated/α-hetero) is 1. The highest BCUT2D eigenvalue weighted by atomic mass is 32.1. The molecule has 1 aromatic carbocycles. The minimum Gasteiger partial charge on any atom is -0.376 e. The van der Waals surface area contributed by atoms with Crippen molar-refractivity contribution in [2.75, 3.05) is 41.4 Å². The predicted octanol–water partition coefficient (Wildman–Crippen LogP) is 5.49. The molecule has 19 heteroatoms. The summed E-state index contributed by atoms with van der Waals surface area (Å²) < 4.78 is 55.3. The topological polar surface area (TPSA) is 166 Å². The first-order valence-corrected chi connectivity index (χ1v) is 21.0. The largest absolute Gasteiger partial charge is 0.419 e. The fraction of sp³-hybridized carbons (Fsp3) is 0.571. The molecular formula is C42H50F3N9O6S. The Labute approximate surface area is 357 Å². The van der Waals surface area contributed by atoms with E-state index in [1.165, 1.54) is 6.07 Å². The van der Waals surface area contributed by atoms with Crippen LogP contribution in [0.2, 0.25) is 0 Å². The van der Waals surface area contributed by atoms with Crippen molar-refractivity contribution in [1.82, 2.24) is 24.6 Å². The lowest BCUT2D eigenvalue weighted by Crippen LogP contribution is -2.51. The molecule has 0 spiro atoms. The maximum absolute atomic E-state index is 13.7. The summed E-state index contributed by atoms with van der Waals surface area (Å²) in [4.78, 5) is 61.8. The smallest absolute Gasteiger partial charge is 0.376 e. The first-order valence-electron chi connectivity index (χ1n) is 20.6. The Morgan fingerprint density at radius 3 is 2.36 bits per heavy atom. The number of aryl methyl sites for hydroxylation is 1. The lowest BCUT2D eigenvalue weighted by atomic mass is 9.89. The highest BCUT2D eigenvalue weighted by Gasteiger charge is 2.53. The predicted molar refractivity (Wildman–Crippen MR) is 222 cm³/mol. The van der Waals surface area contributed by atoms with Crippen molar-refractivity contribution < 1.29 is 41.8 Å². The van der Waals surface area contributed by atoms with E-state index in [4.69, 9.17) is 27.0 Å². The molecule has 3 atom stereocenters. The van der Waals surface area contributed by atoms with Gasteiger partial charge in [0.2, 0.25) is 11.8 Å². The van der Waals surface area contributed by atoms with E-state index in [1.54, 1.807) is 30.5 Å². The number of piperidine rings is 2. The number of carbonyl (C=O) groups is 4. The van der Waals surface area contributed by atoms with Crippen LogP contribution in [-0.4, -0.2) is 115 Å². The second-order valence-corrected chi connectivity index (χ2v) is 17.3. The number of nitriles is 1. The number of carbonyl (C=O) groups excluding carboxylic acids is 4. The molecule has 326 valence electrons. The molecule has 7 rings (SSSR count). The zero-order valence-corrected chi connectivity index (χ0v) is 35.6. The standard InChI is InChI=1S/C42H50F3N9O6S/c1-24-17-30(18-25(2)52(24)23-35(56)48-33-8-6-7-31-37(33)50(5)49-38(31)51-14-13-28(55)20-36(51)57)60-16-15-59-29-11-9-26(10-12-29)54-40(61)53(39(58)41(54,3)4)27-19-32(42(43,44)45)34(21-46)47-22-27/h6-8,19,22,24-26,29-30H,9-18,20,23H2,1-5H3,(H,48,56)/t24-,25+,26?,29?,30?. The van der Waals surface area contributed by atoms with Gasteiger partial charge in [-0.1, -0.05) is 6.07 Å². The monoisotopic (exact) mass is 865 g/mol. The van der Waals surface area contributed by atoms with Crippen molar-refractivity contribution in [3.05, 3.63) is 41.7 Å². The van der Waals surface area contributed by atoms with Gasteiger partial charge < -0.3 is 19.7 Å². The van der Waals surface area contributed by atoms with E-state index in [1.807, 2.05) is 23.1 Å². The minimum absolute atomic E-state index is 0.00420. The number of likely N-dealkylation sites (tertiary alicyclic amines) is 1. The number of ketones is 1. The van der Waals surface area contributed by atoms with Gasteiger partial charge >= 0.3 is 6.18 Å². The number of amides is 3. The van der Waals surface area contributed by atoms with Crippen LogP contribution in [0, 0.1) is 11.3 Å². The summed E-state index contributed by atoms with van der Waals surface area (Å²) in [6, 6.07) is 7.72. The van der Waals surface area contributed by atoms with Gasteiger partial charge in [0, 0.05) is 43.5 Å². The third kappa shape index (κ3) is 8.86. The number of thiocarbonyl (C=S) groups is 1. The first kappa shape index (κ1) is 44.0. The zero-order valence-electron chi connectivity index (χ0n) is 34.8. The number of hydrogen-bond donors (Lipinski definition) is 1. The number of aromatic nitrogens is 3. The fourth-order valence-electron chi connectivity index (χ4n) is 9.35. The van der Waals surface area contributed by atoms with E-state index in [2.05, 4.69) is 34.1 Å². The van der Waals surface area contributed by atoms with E-state index >= 15 is 0 Å². The van der Waals surface area contributed by atoms with Crippen LogP contribution < -0.4 is 15.1 Å². The SMILES string of the molecule is C[C@@H]1CC(OCCOC2CCC(N3C(=S)N(c4cnc(C#N)c(C(F)(F)F)c4)C(=O)C3(C)C)CC2)C[C@H](C)N1CC(=O)Nc1cccc2c(N3CCC(=O)CC3=O)nn(C)c12. The molecule has 1 aliphatic carbocycles. The summed E-state index contributed by atoms with van der Waals surface area (Å²) >= 11 is 5.71. The number of rotatable bonds is 11. The third-order valence-corrected chi connectivity index (χ3v) is 12.8. The van der Waals surface area contributed by atoms with E-state index < -0.39 is 28.9 Å². The average molecular weight is 866 g/mol. The molecule has 1 saturated carbocycles. The van der Waals surface area contributed by atoms with Gasteiger partial charge in [0.15, 0.2) is 16.6 Å². The van der Waals surface area contributed by atoms with Crippen LogP contribution in [0.4, 0.5) is 30.4 Å². The van der Waals surface area contributed by atoms with Crippen LogP contribution in [0.3, 0.4) is 0 Å². The summed E-state index contributed by atoms with van der Waals surface area (Å²) in [6.07, 6.45) is 0.575. The number of anilines is 3. The number of benzene rings is 1. The lowest BCUT2D eigenvalue weighted by Gasteiger charge is -2.42. The number of hydrogen-bond acceptors (Lipinski definition) is 11. The average Bonchev–Trinajstić information content (AvgIpc) is 3.62. The van der Waals surface area contributed by atoms with Gasteiger partial charge in [0.1, 0.15) is 17.4 Å². The molecule has 0 bridgehead atoms. The Morgan fingerprint density at radius 1 is 1.05 bits per heavy atom. The van der Waals surface area contributed by atoms with Crippen LogP contribution in [-0.2, 0) is 41.9 Å². The number of alkyl halides is 3. The first-order chi connectivity index (χ1) is 28.9. The van der Waals surface area contributed by atoms with Gasteiger partial charge in [-0.3, -0.25) is 38.6 Å².